The highest BCUT2D eigenvalue weighted by molar-refractivity contribution is 8.01. The van der Waals surface area contributed by atoms with E-state index in [4.69, 9.17) is 5.73 Å². The van der Waals surface area contributed by atoms with E-state index in [-0.39, 0.29) is 5.69 Å². The molecular formula is C10H8F3N3S2. The molecule has 2 N–H and O–H groups in total. The summed E-state index contributed by atoms with van der Waals surface area (Å²) in [5.41, 5.74) is 4.22. The van der Waals surface area contributed by atoms with Crippen molar-refractivity contribution < 1.29 is 13.2 Å². The van der Waals surface area contributed by atoms with Crippen molar-refractivity contribution >= 4 is 28.8 Å². The summed E-state index contributed by atoms with van der Waals surface area (Å²) in [6.07, 6.45) is -4.45. The van der Waals surface area contributed by atoms with Gasteiger partial charge in [0.25, 0.3) is 0 Å². The Bertz CT molecular complexity index is 566. The fraction of sp³-hybridized carbons (Fsp3) is 0.200. The van der Waals surface area contributed by atoms with Gasteiger partial charge in [0.1, 0.15) is 5.01 Å². The van der Waals surface area contributed by atoms with Crippen LogP contribution >= 0.6 is 23.1 Å². The minimum absolute atomic E-state index is 0.278. The molecule has 18 heavy (non-hydrogen) atoms. The Kier molecular flexibility index (Phi) is 3.49. The van der Waals surface area contributed by atoms with Gasteiger partial charge in [-0.15, -0.1) is 10.2 Å². The third-order valence-corrected chi connectivity index (χ3v) is 3.92. The number of nitrogens with zero attached hydrogens (tertiary/aromatic N) is 2. The predicted molar refractivity (Wildman–Crippen MR) is 64.6 cm³/mol. The number of benzene rings is 1. The van der Waals surface area contributed by atoms with Crippen molar-refractivity contribution in [1.29, 1.82) is 0 Å². The van der Waals surface area contributed by atoms with E-state index in [1.165, 1.54) is 23.5 Å². The number of anilines is 1. The first kappa shape index (κ1) is 13.2. The van der Waals surface area contributed by atoms with Crippen molar-refractivity contribution in [1.82, 2.24) is 10.2 Å². The van der Waals surface area contributed by atoms with Gasteiger partial charge in [0, 0.05) is 10.6 Å². The predicted octanol–water partition coefficient (Wildman–Crippen LogP) is 3.60. The molecule has 1 heterocycles. The Morgan fingerprint density at radius 3 is 2.56 bits per heavy atom. The minimum atomic E-state index is -4.45. The molecule has 0 fully saturated rings. The number of halogens is 3. The summed E-state index contributed by atoms with van der Waals surface area (Å²) < 4.78 is 38.6. The van der Waals surface area contributed by atoms with Gasteiger partial charge in [-0.2, -0.15) is 13.2 Å². The fourth-order valence-electron chi connectivity index (χ4n) is 1.26. The number of hydrogen-bond acceptors (Lipinski definition) is 5. The number of nitrogen functional groups attached to an aromatic ring is 1. The number of aryl methyl sites for hydroxylation is 1. The third kappa shape index (κ3) is 2.94. The van der Waals surface area contributed by atoms with Crippen LogP contribution in [0.15, 0.2) is 27.4 Å². The highest BCUT2D eigenvalue weighted by atomic mass is 32.2. The van der Waals surface area contributed by atoms with Crippen LogP contribution in [-0.2, 0) is 6.18 Å². The van der Waals surface area contributed by atoms with Crippen molar-refractivity contribution in [2.45, 2.75) is 22.3 Å². The molecule has 0 bridgehead atoms. The summed E-state index contributed by atoms with van der Waals surface area (Å²) in [7, 11) is 0. The molecular weight excluding hydrogens is 283 g/mol. The van der Waals surface area contributed by atoms with Crippen LogP contribution in [0, 0.1) is 6.92 Å². The second kappa shape index (κ2) is 4.77. The molecule has 2 rings (SSSR count). The number of rotatable bonds is 2. The molecule has 0 saturated heterocycles. The monoisotopic (exact) mass is 291 g/mol. The first-order valence-corrected chi connectivity index (χ1v) is 6.44. The zero-order chi connectivity index (χ0) is 13.3. The fourth-order valence-corrected chi connectivity index (χ4v) is 3.09. The van der Waals surface area contributed by atoms with Crippen molar-refractivity contribution in [2.75, 3.05) is 5.73 Å². The van der Waals surface area contributed by atoms with E-state index in [2.05, 4.69) is 10.2 Å². The summed E-state index contributed by atoms with van der Waals surface area (Å²) in [5.74, 6) is 0. The molecule has 1 aromatic carbocycles. The van der Waals surface area contributed by atoms with Crippen molar-refractivity contribution in [2.24, 2.45) is 0 Å². The molecule has 2 aromatic rings. The number of nitrogens with two attached hydrogens (primary N) is 1. The quantitative estimate of drug-likeness (QED) is 0.859. The highest BCUT2D eigenvalue weighted by Crippen LogP contribution is 2.38. The first-order valence-electron chi connectivity index (χ1n) is 4.81. The van der Waals surface area contributed by atoms with Crippen LogP contribution < -0.4 is 5.73 Å². The molecule has 0 atom stereocenters. The standard InChI is InChI=1S/C10H8F3N3S2/c1-5-15-16-9(17-5)18-6-2-3-8(14)7(4-6)10(11,12)13/h2-4H,14H2,1H3. The second-order valence-corrected chi connectivity index (χ2v) is 5.94. The van der Waals surface area contributed by atoms with Crippen molar-refractivity contribution in [3.63, 3.8) is 0 Å². The number of aromatic nitrogens is 2. The number of alkyl halides is 3. The lowest BCUT2D eigenvalue weighted by Gasteiger charge is -2.10. The van der Waals surface area contributed by atoms with Crippen LogP contribution in [0.3, 0.4) is 0 Å². The SMILES string of the molecule is Cc1nnc(Sc2ccc(N)c(C(F)(F)F)c2)s1. The van der Waals surface area contributed by atoms with Gasteiger partial charge in [-0.25, -0.2) is 0 Å². The maximum Gasteiger partial charge on any atom is 0.418 e. The Morgan fingerprint density at radius 1 is 1.28 bits per heavy atom. The van der Waals surface area contributed by atoms with Crippen LogP contribution in [0.1, 0.15) is 10.6 Å². The zero-order valence-corrected chi connectivity index (χ0v) is 10.8. The second-order valence-electron chi connectivity index (χ2n) is 3.44. The minimum Gasteiger partial charge on any atom is -0.398 e. The summed E-state index contributed by atoms with van der Waals surface area (Å²) in [5, 5.41) is 8.41. The molecule has 0 saturated carbocycles. The van der Waals surface area contributed by atoms with Gasteiger partial charge in [-0.1, -0.05) is 23.1 Å². The van der Waals surface area contributed by atoms with E-state index >= 15 is 0 Å². The van der Waals surface area contributed by atoms with Crippen LogP contribution in [-0.4, -0.2) is 10.2 Å². The molecule has 1 aromatic heterocycles. The molecule has 0 aliphatic carbocycles. The average Bonchev–Trinajstić information content (AvgIpc) is 2.65. The largest absolute Gasteiger partial charge is 0.418 e. The van der Waals surface area contributed by atoms with Gasteiger partial charge >= 0.3 is 6.18 Å². The maximum absolute atomic E-state index is 12.7. The van der Waals surface area contributed by atoms with E-state index in [1.54, 1.807) is 6.92 Å². The Morgan fingerprint density at radius 2 is 2.00 bits per heavy atom. The zero-order valence-electron chi connectivity index (χ0n) is 9.15. The van der Waals surface area contributed by atoms with Crippen LogP contribution in [0.5, 0.6) is 0 Å². The van der Waals surface area contributed by atoms with Crippen LogP contribution in [0.25, 0.3) is 0 Å². The summed E-state index contributed by atoms with van der Waals surface area (Å²) >= 11 is 2.47. The Labute approximate surface area is 109 Å². The normalized spacial score (nSPS) is 11.8. The van der Waals surface area contributed by atoms with Crippen molar-refractivity contribution in [3.05, 3.63) is 28.8 Å². The first-order chi connectivity index (χ1) is 8.36. The van der Waals surface area contributed by atoms with E-state index < -0.39 is 11.7 Å². The average molecular weight is 291 g/mol. The van der Waals surface area contributed by atoms with E-state index in [9.17, 15) is 13.2 Å². The topological polar surface area (TPSA) is 51.8 Å². The van der Waals surface area contributed by atoms with Gasteiger partial charge in [0.15, 0.2) is 4.34 Å². The van der Waals surface area contributed by atoms with Gasteiger partial charge in [-0.3, -0.25) is 0 Å². The molecule has 0 unspecified atom stereocenters. The smallest absolute Gasteiger partial charge is 0.398 e. The van der Waals surface area contributed by atoms with Gasteiger partial charge < -0.3 is 5.73 Å². The summed E-state index contributed by atoms with van der Waals surface area (Å²) in [6, 6.07) is 3.81. The Balaban J connectivity index is 2.30. The third-order valence-electron chi connectivity index (χ3n) is 2.04. The number of hydrogen-bond donors (Lipinski definition) is 1. The molecule has 96 valence electrons. The molecule has 0 aliphatic heterocycles. The van der Waals surface area contributed by atoms with E-state index in [0.29, 0.717) is 9.24 Å². The highest BCUT2D eigenvalue weighted by Gasteiger charge is 2.33. The lowest BCUT2D eigenvalue weighted by Crippen LogP contribution is -2.08. The molecule has 8 heteroatoms. The van der Waals surface area contributed by atoms with Crippen LogP contribution in [0.2, 0.25) is 0 Å². The Hall–Kier alpha value is -1.28. The lowest BCUT2D eigenvalue weighted by atomic mass is 10.2. The van der Waals surface area contributed by atoms with Gasteiger partial charge in [-0.05, 0) is 25.1 Å². The molecule has 0 radical (unpaired) electrons. The van der Waals surface area contributed by atoms with Crippen LogP contribution in [0.4, 0.5) is 18.9 Å². The maximum atomic E-state index is 12.7. The lowest BCUT2D eigenvalue weighted by molar-refractivity contribution is -0.137. The van der Waals surface area contributed by atoms with E-state index in [1.807, 2.05) is 0 Å². The van der Waals surface area contributed by atoms with Crippen molar-refractivity contribution in [3.8, 4) is 0 Å². The molecule has 3 nitrogen and oxygen atoms in total. The van der Waals surface area contributed by atoms with E-state index in [0.717, 1.165) is 22.8 Å². The van der Waals surface area contributed by atoms with Gasteiger partial charge in [0.05, 0.1) is 5.56 Å². The molecule has 0 spiro atoms. The summed E-state index contributed by atoms with van der Waals surface area (Å²) in [6.45, 7) is 1.78. The molecule has 0 aliphatic rings. The molecule has 0 amide bonds. The van der Waals surface area contributed by atoms with Gasteiger partial charge in [0.2, 0.25) is 0 Å². The summed E-state index contributed by atoms with van der Waals surface area (Å²) in [4.78, 5) is 0.438.